The van der Waals surface area contributed by atoms with Crippen LogP contribution in [0, 0.1) is 5.92 Å². The lowest BCUT2D eigenvalue weighted by atomic mass is 9.88. The van der Waals surface area contributed by atoms with Crippen LogP contribution in [0.4, 0.5) is 5.69 Å². The third kappa shape index (κ3) is 4.13. The fourth-order valence-corrected chi connectivity index (χ4v) is 3.21. The second-order valence-electron chi connectivity index (χ2n) is 6.16. The molecule has 128 valence electrons. The third-order valence-electron chi connectivity index (χ3n) is 4.36. The van der Waals surface area contributed by atoms with Crippen LogP contribution in [-0.4, -0.2) is 33.4 Å². The Kier molecular flexibility index (Phi) is 5.48. The number of amides is 1. The van der Waals surface area contributed by atoms with Gasteiger partial charge < -0.3 is 10.1 Å². The highest BCUT2D eigenvalue weighted by molar-refractivity contribution is 6.31. The largest absolute Gasteiger partial charge is 0.368 e. The summed E-state index contributed by atoms with van der Waals surface area (Å²) in [5, 5.41) is 7.49. The third-order valence-corrected chi connectivity index (χ3v) is 4.59. The first-order chi connectivity index (χ1) is 11.6. The van der Waals surface area contributed by atoms with Gasteiger partial charge in [0.1, 0.15) is 19.3 Å². The van der Waals surface area contributed by atoms with Crippen LogP contribution in [0.1, 0.15) is 32.6 Å². The summed E-state index contributed by atoms with van der Waals surface area (Å²) in [5.41, 5.74) is 1.29. The van der Waals surface area contributed by atoms with E-state index in [1.54, 1.807) is 29.2 Å². The molecule has 1 aliphatic rings. The molecule has 1 N–H and O–H groups in total. The molecule has 1 saturated carbocycles. The number of nitrogens with zero attached hydrogens (tertiary/aromatic N) is 3. The summed E-state index contributed by atoms with van der Waals surface area (Å²) in [6.07, 6.45) is 7.77. The molecular formula is C17H21ClN4O2. The molecule has 1 heterocycles. The van der Waals surface area contributed by atoms with Crippen LogP contribution in [0.15, 0.2) is 30.9 Å². The lowest BCUT2D eigenvalue weighted by molar-refractivity contribution is -0.124. The highest BCUT2D eigenvalue weighted by Gasteiger charge is 2.22. The van der Waals surface area contributed by atoms with Crippen molar-refractivity contribution >= 4 is 23.2 Å². The van der Waals surface area contributed by atoms with E-state index in [0.717, 1.165) is 12.8 Å². The molecule has 7 heteroatoms. The van der Waals surface area contributed by atoms with E-state index in [1.807, 2.05) is 0 Å². The van der Waals surface area contributed by atoms with Gasteiger partial charge in [0.25, 0.3) is 0 Å². The molecule has 2 atom stereocenters. The van der Waals surface area contributed by atoms with E-state index in [2.05, 4.69) is 22.3 Å². The Morgan fingerprint density at radius 2 is 2.25 bits per heavy atom. The molecule has 24 heavy (non-hydrogen) atoms. The van der Waals surface area contributed by atoms with Crippen molar-refractivity contribution in [2.45, 2.75) is 38.7 Å². The summed E-state index contributed by atoms with van der Waals surface area (Å²) in [6.45, 7) is 2.22. The molecule has 0 radical (unpaired) electrons. The smallest absolute Gasteiger partial charge is 0.250 e. The first kappa shape index (κ1) is 16.9. The number of hydrogen-bond acceptors (Lipinski definition) is 4. The van der Waals surface area contributed by atoms with Gasteiger partial charge in [-0.15, -0.1) is 0 Å². The first-order valence-corrected chi connectivity index (χ1v) is 8.57. The Morgan fingerprint density at radius 1 is 1.42 bits per heavy atom. The molecule has 6 nitrogen and oxygen atoms in total. The zero-order chi connectivity index (χ0) is 16.9. The lowest BCUT2D eigenvalue weighted by Gasteiger charge is -2.28. The van der Waals surface area contributed by atoms with Crippen molar-refractivity contribution < 1.29 is 9.53 Å². The molecule has 1 aliphatic carbocycles. The van der Waals surface area contributed by atoms with Crippen LogP contribution >= 0.6 is 11.6 Å². The number of halogens is 1. The molecule has 0 aliphatic heterocycles. The van der Waals surface area contributed by atoms with Crippen LogP contribution in [0.5, 0.6) is 0 Å². The van der Waals surface area contributed by atoms with Gasteiger partial charge in [0.2, 0.25) is 5.91 Å². The van der Waals surface area contributed by atoms with E-state index >= 15 is 0 Å². The van der Waals surface area contributed by atoms with Gasteiger partial charge >= 0.3 is 0 Å². The van der Waals surface area contributed by atoms with Crippen LogP contribution < -0.4 is 5.32 Å². The summed E-state index contributed by atoms with van der Waals surface area (Å²) in [6, 6.07) is 5.23. The quantitative estimate of drug-likeness (QED) is 0.898. The summed E-state index contributed by atoms with van der Waals surface area (Å²) < 4.78 is 7.39. The van der Waals surface area contributed by atoms with Crippen molar-refractivity contribution in [3.05, 3.63) is 35.9 Å². The van der Waals surface area contributed by atoms with Gasteiger partial charge in [0.05, 0.1) is 17.5 Å². The van der Waals surface area contributed by atoms with Gasteiger partial charge in [0, 0.05) is 5.02 Å². The van der Waals surface area contributed by atoms with E-state index in [1.165, 1.54) is 19.2 Å². The zero-order valence-electron chi connectivity index (χ0n) is 13.6. The van der Waals surface area contributed by atoms with Crippen LogP contribution in [0.2, 0.25) is 5.02 Å². The number of nitrogens with one attached hydrogen (secondary N) is 1. The van der Waals surface area contributed by atoms with E-state index in [-0.39, 0.29) is 18.6 Å². The van der Waals surface area contributed by atoms with E-state index in [0.29, 0.717) is 22.3 Å². The maximum atomic E-state index is 12.3. The molecule has 1 amide bonds. The molecule has 0 unspecified atom stereocenters. The highest BCUT2D eigenvalue weighted by Crippen LogP contribution is 2.27. The Hall–Kier alpha value is -1.92. The summed E-state index contributed by atoms with van der Waals surface area (Å²) >= 11 is 6.05. The van der Waals surface area contributed by atoms with E-state index in [9.17, 15) is 4.79 Å². The predicted molar refractivity (Wildman–Crippen MR) is 92.4 cm³/mol. The zero-order valence-corrected chi connectivity index (χ0v) is 14.4. The Balaban J connectivity index is 1.65. The molecule has 2 aromatic rings. The van der Waals surface area contributed by atoms with E-state index in [4.69, 9.17) is 16.3 Å². The van der Waals surface area contributed by atoms with Crippen molar-refractivity contribution in [1.29, 1.82) is 0 Å². The van der Waals surface area contributed by atoms with Gasteiger partial charge in [0.15, 0.2) is 0 Å². The number of hydrogen-bond donors (Lipinski definition) is 1. The van der Waals surface area contributed by atoms with Crippen LogP contribution in [0.25, 0.3) is 5.69 Å². The standard InChI is InChI=1S/C17H21ClN4O2/c1-12-4-2-3-5-16(12)24-9-17(23)21-14-8-13(18)6-7-15(14)22-11-19-10-20-22/h6-8,10-12,16H,2-5,9H2,1H3,(H,21,23)/t12-,16-/m1/s1. The van der Waals surface area contributed by atoms with Gasteiger partial charge in [-0.3, -0.25) is 4.79 Å². The summed E-state index contributed by atoms with van der Waals surface area (Å²) in [4.78, 5) is 16.2. The monoisotopic (exact) mass is 348 g/mol. The van der Waals surface area contributed by atoms with Crippen molar-refractivity contribution in [2.75, 3.05) is 11.9 Å². The van der Waals surface area contributed by atoms with Gasteiger partial charge in [-0.05, 0) is 37.0 Å². The molecular weight excluding hydrogens is 328 g/mol. The number of carbonyl (C=O) groups excluding carboxylic acids is 1. The molecule has 3 rings (SSSR count). The molecule has 1 aromatic carbocycles. The summed E-state index contributed by atoms with van der Waals surface area (Å²) in [7, 11) is 0. The normalized spacial score (nSPS) is 20.8. The molecule has 1 aromatic heterocycles. The second kappa shape index (κ2) is 7.77. The first-order valence-electron chi connectivity index (χ1n) is 8.19. The highest BCUT2D eigenvalue weighted by atomic mass is 35.5. The maximum absolute atomic E-state index is 12.3. The second-order valence-corrected chi connectivity index (χ2v) is 6.60. The van der Waals surface area contributed by atoms with Crippen LogP contribution in [0.3, 0.4) is 0 Å². The average Bonchev–Trinajstić information content (AvgIpc) is 3.08. The fraction of sp³-hybridized carbons (Fsp3) is 0.471. The minimum atomic E-state index is -0.198. The number of rotatable bonds is 5. The van der Waals surface area contributed by atoms with Gasteiger partial charge in [-0.25, -0.2) is 9.67 Å². The van der Waals surface area contributed by atoms with Crippen molar-refractivity contribution in [3.63, 3.8) is 0 Å². The molecule has 0 spiro atoms. The average molecular weight is 349 g/mol. The van der Waals surface area contributed by atoms with E-state index < -0.39 is 0 Å². The minimum absolute atomic E-state index is 0.0400. The maximum Gasteiger partial charge on any atom is 0.250 e. The Morgan fingerprint density at radius 3 is 3.00 bits per heavy atom. The van der Waals surface area contributed by atoms with Crippen molar-refractivity contribution in [1.82, 2.24) is 14.8 Å². The van der Waals surface area contributed by atoms with Crippen molar-refractivity contribution in [2.24, 2.45) is 5.92 Å². The summed E-state index contributed by atoms with van der Waals surface area (Å²) in [5.74, 6) is 0.305. The minimum Gasteiger partial charge on any atom is -0.368 e. The van der Waals surface area contributed by atoms with Crippen LogP contribution in [-0.2, 0) is 9.53 Å². The Labute approximate surface area is 146 Å². The molecule has 0 bridgehead atoms. The number of anilines is 1. The lowest BCUT2D eigenvalue weighted by Crippen LogP contribution is -2.30. The Bertz CT molecular complexity index is 690. The molecule has 1 fully saturated rings. The van der Waals surface area contributed by atoms with Gasteiger partial charge in [-0.2, -0.15) is 5.10 Å². The number of aromatic nitrogens is 3. The predicted octanol–water partition coefficient (Wildman–Crippen LogP) is 3.45. The fourth-order valence-electron chi connectivity index (χ4n) is 3.04. The molecule has 0 saturated heterocycles. The van der Waals surface area contributed by atoms with Crippen molar-refractivity contribution in [3.8, 4) is 5.69 Å². The van der Waals surface area contributed by atoms with Gasteiger partial charge in [-0.1, -0.05) is 31.4 Å². The number of carbonyl (C=O) groups is 1. The number of ether oxygens (including phenoxy) is 1. The topological polar surface area (TPSA) is 69.0 Å². The number of benzene rings is 1. The SMILES string of the molecule is C[C@@H]1CCCC[C@H]1OCC(=O)Nc1cc(Cl)ccc1-n1cncn1.